The molecule has 0 spiro atoms. The lowest BCUT2D eigenvalue weighted by atomic mass is 10.3. The standard InChI is InChI=1S/C18H17NOS/c1-2-14-21-15-13-18(19-16-9-5-3-6-10-16)20-17-11-7-4-8-12-17/h2-13,15H,1,14H2. The smallest absolute Gasteiger partial charge is 0.220 e. The molecule has 0 heterocycles. The van der Waals surface area contributed by atoms with Gasteiger partial charge in [0.25, 0.3) is 0 Å². The van der Waals surface area contributed by atoms with Crippen molar-refractivity contribution in [3.8, 4) is 5.75 Å². The van der Waals surface area contributed by atoms with Gasteiger partial charge in [0.15, 0.2) is 0 Å². The Bertz CT molecular complexity index is 606. The highest BCUT2D eigenvalue weighted by molar-refractivity contribution is 8.02. The molecule has 3 heteroatoms. The summed E-state index contributed by atoms with van der Waals surface area (Å²) in [6.45, 7) is 3.70. The maximum Gasteiger partial charge on any atom is 0.220 e. The van der Waals surface area contributed by atoms with E-state index in [2.05, 4.69) is 11.6 Å². The Kier molecular flexibility index (Phi) is 6.36. The Morgan fingerprint density at radius 1 is 1.05 bits per heavy atom. The molecule has 0 aliphatic heterocycles. The predicted octanol–water partition coefficient (Wildman–Crippen LogP) is 5.23. The summed E-state index contributed by atoms with van der Waals surface area (Å²) in [5, 5.41) is 1.96. The maximum atomic E-state index is 5.82. The first-order chi connectivity index (χ1) is 10.4. The molecule has 0 radical (unpaired) electrons. The van der Waals surface area contributed by atoms with E-state index in [9.17, 15) is 0 Å². The molecule has 0 amide bonds. The van der Waals surface area contributed by atoms with E-state index < -0.39 is 0 Å². The van der Waals surface area contributed by atoms with Crippen LogP contribution in [0.1, 0.15) is 0 Å². The van der Waals surface area contributed by atoms with Crippen LogP contribution in [0.4, 0.5) is 5.69 Å². The molecule has 0 unspecified atom stereocenters. The average molecular weight is 295 g/mol. The molecule has 2 aromatic rings. The van der Waals surface area contributed by atoms with Gasteiger partial charge in [0.1, 0.15) is 5.75 Å². The van der Waals surface area contributed by atoms with Gasteiger partial charge in [0, 0.05) is 11.8 Å². The van der Waals surface area contributed by atoms with E-state index in [0.29, 0.717) is 5.90 Å². The number of ether oxygens (including phenoxy) is 1. The number of hydrogen-bond acceptors (Lipinski definition) is 3. The fourth-order valence-corrected chi connectivity index (χ4v) is 2.02. The molecule has 2 rings (SSSR count). The second kappa shape index (κ2) is 8.82. The summed E-state index contributed by atoms with van der Waals surface area (Å²) in [5.74, 6) is 2.19. The van der Waals surface area contributed by atoms with E-state index in [1.807, 2.05) is 78.2 Å². The Morgan fingerprint density at radius 2 is 1.71 bits per heavy atom. The average Bonchev–Trinajstić information content (AvgIpc) is 2.53. The van der Waals surface area contributed by atoms with Crippen LogP contribution in [-0.4, -0.2) is 11.7 Å². The molecule has 0 aliphatic carbocycles. The summed E-state index contributed by atoms with van der Waals surface area (Å²) in [6.07, 6.45) is 3.73. The molecule has 2 aromatic carbocycles. The zero-order valence-electron chi connectivity index (χ0n) is 11.7. The van der Waals surface area contributed by atoms with Crippen molar-refractivity contribution in [2.45, 2.75) is 0 Å². The fraction of sp³-hybridized carbons (Fsp3) is 0.0556. The third kappa shape index (κ3) is 5.71. The van der Waals surface area contributed by atoms with Gasteiger partial charge in [-0.3, -0.25) is 0 Å². The van der Waals surface area contributed by atoms with Crippen molar-refractivity contribution in [1.82, 2.24) is 0 Å². The summed E-state index contributed by atoms with van der Waals surface area (Å²) in [6, 6.07) is 19.4. The number of thioether (sulfide) groups is 1. The molecule has 0 N–H and O–H groups in total. The number of benzene rings is 2. The normalized spacial score (nSPS) is 11.5. The predicted molar refractivity (Wildman–Crippen MR) is 92.4 cm³/mol. The highest BCUT2D eigenvalue weighted by Gasteiger charge is 1.99. The van der Waals surface area contributed by atoms with Gasteiger partial charge >= 0.3 is 0 Å². The molecule has 0 aromatic heterocycles. The third-order valence-corrected chi connectivity index (χ3v) is 3.24. The first-order valence-corrected chi connectivity index (χ1v) is 7.69. The zero-order valence-corrected chi connectivity index (χ0v) is 12.5. The Morgan fingerprint density at radius 3 is 2.38 bits per heavy atom. The van der Waals surface area contributed by atoms with Crippen molar-refractivity contribution in [3.05, 3.63) is 84.8 Å². The maximum absolute atomic E-state index is 5.82. The lowest BCUT2D eigenvalue weighted by Gasteiger charge is -2.05. The Labute approximate surface area is 129 Å². The molecule has 0 aliphatic rings. The van der Waals surface area contributed by atoms with Crippen LogP contribution >= 0.6 is 11.8 Å². The molecule has 0 saturated carbocycles. The van der Waals surface area contributed by atoms with Crippen molar-refractivity contribution in [3.63, 3.8) is 0 Å². The van der Waals surface area contributed by atoms with Gasteiger partial charge in [0.05, 0.1) is 5.69 Å². The number of nitrogens with zero attached hydrogens (tertiary/aromatic N) is 1. The van der Waals surface area contributed by atoms with Crippen LogP contribution < -0.4 is 4.74 Å². The van der Waals surface area contributed by atoms with Crippen molar-refractivity contribution in [1.29, 1.82) is 0 Å². The van der Waals surface area contributed by atoms with E-state index in [-0.39, 0.29) is 0 Å². The quantitative estimate of drug-likeness (QED) is 0.315. The molecule has 21 heavy (non-hydrogen) atoms. The van der Waals surface area contributed by atoms with Gasteiger partial charge in [0.2, 0.25) is 5.90 Å². The zero-order chi connectivity index (χ0) is 14.8. The van der Waals surface area contributed by atoms with Gasteiger partial charge in [-0.2, -0.15) is 0 Å². The first kappa shape index (κ1) is 15.1. The van der Waals surface area contributed by atoms with E-state index in [4.69, 9.17) is 4.74 Å². The molecule has 2 nitrogen and oxygen atoms in total. The van der Waals surface area contributed by atoms with Gasteiger partial charge in [-0.15, -0.1) is 18.3 Å². The van der Waals surface area contributed by atoms with Crippen molar-refractivity contribution >= 4 is 23.3 Å². The van der Waals surface area contributed by atoms with Crippen LogP contribution in [0.15, 0.2) is 89.8 Å². The van der Waals surface area contributed by atoms with Crippen LogP contribution in [0.25, 0.3) is 0 Å². The Balaban J connectivity index is 2.15. The lowest BCUT2D eigenvalue weighted by molar-refractivity contribution is 0.556. The van der Waals surface area contributed by atoms with Gasteiger partial charge in [-0.05, 0) is 29.7 Å². The summed E-state index contributed by atoms with van der Waals surface area (Å²) >= 11 is 1.64. The minimum absolute atomic E-state index is 0.559. The van der Waals surface area contributed by atoms with Crippen LogP contribution in [-0.2, 0) is 0 Å². The molecule has 0 saturated heterocycles. The SMILES string of the molecule is C=CCSC=CC(=Nc1ccccc1)Oc1ccccc1. The third-order valence-electron chi connectivity index (χ3n) is 2.48. The Hall–Kier alpha value is -2.26. The largest absolute Gasteiger partial charge is 0.439 e. The molecule has 0 fully saturated rings. The topological polar surface area (TPSA) is 21.6 Å². The van der Waals surface area contributed by atoms with Crippen LogP contribution in [0.2, 0.25) is 0 Å². The minimum atomic E-state index is 0.559. The van der Waals surface area contributed by atoms with E-state index >= 15 is 0 Å². The monoisotopic (exact) mass is 295 g/mol. The van der Waals surface area contributed by atoms with Crippen LogP contribution in [0.5, 0.6) is 5.75 Å². The summed E-state index contributed by atoms with van der Waals surface area (Å²) in [4.78, 5) is 4.52. The van der Waals surface area contributed by atoms with Crippen LogP contribution in [0, 0.1) is 0 Å². The second-order valence-corrected chi connectivity index (χ2v) is 5.06. The number of aliphatic imine (C=N–C) groups is 1. The van der Waals surface area contributed by atoms with Gasteiger partial charge < -0.3 is 4.74 Å². The molecule has 0 bridgehead atoms. The highest BCUT2D eigenvalue weighted by atomic mass is 32.2. The number of hydrogen-bond donors (Lipinski definition) is 0. The molecular formula is C18H17NOS. The van der Waals surface area contributed by atoms with Crippen molar-refractivity contribution in [2.24, 2.45) is 4.99 Å². The lowest BCUT2D eigenvalue weighted by Crippen LogP contribution is -2.04. The molecular weight excluding hydrogens is 278 g/mol. The first-order valence-electron chi connectivity index (χ1n) is 6.64. The second-order valence-electron chi connectivity index (χ2n) is 4.13. The van der Waals surface area contributed by atoms with Crippen molar-refractivity contribution < 1.29 is 4.74 Å². The number of rotatable bonds is 6. The van der Waals surface area contributed by atoms with Crippen LogP contribution in [0.3, 0.4) is 0 Å². The minimum Gasteiger partial charge on any atom is -0.439 e. The fourth-order valence-electron chi connectivity index (χ4n) is 1.56. The summed E-state index contributed by atoms with van der Waals surface area (Å²) in [7, 11) is 0. The summed E-state index contributed by atoms with van der Waals surface area (Å²) in [5.41, 5.74) is 0.863. The van der Waals surface area contributed by atoms with Gasteiger partial charge in [-0.1, -0.05) is 42.5 Å². The molecule has 106 valence electrons. The van der Waals surface area contributed by atoms with E-state index in [1.165, 1.54) is 0 Å². The highest BCUT2D eigenvalue weighted by Crippen LogP contribution is 2.15. The van der Waals surface area contributed by atoms with E-state index in [1.54, 1.807) is 11.8 Å². The number of para-hydroxylation sites is 2. The van der Waals surface area contributed by atoms with Crippen molar-refractivity contribution in [2.75, 3.05) is 5.75 Å². The van der Waals surface area contributed by atoms with E-state index in [0.717, 1.165) is 17.2 Å². The van der Waals surface area contributed by atoms with Gasteiger partial charge in [-0.25, -0.2) is 4.99 Å². The summed E-state index contributed by atoms with van der Waals surface area (Å²) < 4.78 is 5.82. The molecule has 0 atom stereocenters.